The molecule has 29 heavy (non-hydrogen) atoms. The lowest BCUT2D eigenvalue weighted by molar-refractivity contribution is 0.0955. The molecule has 0 saturated heterocycles. The van der Waals surface area contributed by atoms with Crippen LogP contribution in [0.5, 0.6) is 17.2 Å². The van der Waals surface area contributed by atoms with Gasteiger partial charge >= 0.3 is 0 Å². The first kappa shape index (κ1) is 18.7. The van der Waals surface area contributed by atoms with Gasteiger partial charge in [0.25, 0.3) is 5.91 Å². The average Bonchev–Trinajstić information content (AvgIpc) is 2.76. The smallest absolute Gasteiger partial charge is 0.251 e. The van der Waals surface area contributed by atoms with Crippen LogP contribution in [-0.4, -0.2) is 24.5 Å². The molecule has 5 nitrogen and oxygen atoms in total. The van der Waals surface area contributed by atoms with Crippen LogP contribution in [0, 0.1) is 0 Å². The molecule has 0 aliphatic carbocycles. The van der Waals surface area contributed by atoms with Crippen molar-refractivity contribution in [2.45, 2.75) is 13.3 Å². The predicted molar refractivity (Wildman–Crippen MR) is 115 cm³/mol. The topological polar surface area (TPSA) is 60.5 Å². The molecule has 0 atom stereocenters. The summed E-state index contributed by atoms with van der Waals surface area (Å²) in [6.07, 6.45) is 2.62. The highest BCUT2D eigenvalue weighted by Crippen LogP contribution is 2.32. The first-order valence-electron chi connectivity index (χ1n) is 9.61. The van der Waals surface area contributed by atoms with Crippen LogP contribution in [-0.2, 0) is 0 Å². The van der Waals surface area contributed by atoms with Gasteiger partial charge in [-0.05, 0) is 59.7 Å². The molecule has 0 saturated carbocycles. The molecule has 1 heterocycles. The molecule has 4 aromatic rings. The molecule has 0 aliphatic heterocycles. The highest BCUT2D eigenvalue weighted by molar-refractivity contribution is 6.07. The minimum Gasteiger partial charge on any atom is -0.497 e. The van der Waals surface area contributed by atoms with E-state index in [9.17, 15) is 4.79 Å². The average molecular weight is 386 g/mol. The molecular weight excluding hydrogens is 364 g/mol. The van der Waals surface area contributed by atoms with Crippen molar-refractivity contribution in [1.82, 2.24) is 10.3 Å². The summed E-state index contributed by atoms with van der Waals surface area (Å²) in [5.74, 6) is 2.11. The minimum absolute atomic E-state index is 0.0554. The molecule has 0 radical (unpaired) electrons. The van der Waals surface area contributed by atoms with Gasteiger partial charge < -0.3 is 14.8 Å². The van der Waals surface area contributed by atoms with Gasteiger partial charge in [0, 0.05) is 29.8 Å². The summed E-state index contributed by atoms with van der Waals surface area (Å²) in [7, 11) is 1.63. The van der Waals surface area contributed by atoms with Crippen LogP contribution in [0.3, 0.4) is 0 Å². The summed E-state index contributed by atoms with van der Waals surface area (Å²) in [6.45, 7) is 2.70. The van der Waals surface area contributed by atoms with Crippen molar-refractivity contribution in [3.8, 4) is 17.2 Å². The molecule has 146 valence electrons. The first-order chi connectivity index (χ1) is 14.2. The van der Waals surface area contributed by atoms with Crippen molar-refractivity contribution in [3.63, 3.8) is 0 Å². The van der Waals surface area contributed by atoms with E-state index >= 15 is 0 Å². The van der Waals surface area contributed by atoms with Crippen molar-refractivity contribution in [1.29, 1.82) is 0 Å². The van der Waals surface area contributed by atoms with E-state index in [0.29, 0.717) is 23.6 Å². The fourth-order valence-electron chi connectivity index (χ4n) is 3.30. The molecule has 1 N–H and O–H groups in total. The van der Waals surface area contributed by atoms with E-state index in [1.165, 1.54) is 0 Å². The summed E-state index contributed by atoms with van der Waals surface area (Å²) >= 11 is 0. The van der Waals surface area contributed by atoms with Gasteiger partial charge in [-0.3, -0.25) is 9.78 Å². The van der Waals surface area contributed by atoms with Crippen molar-refractivity contribution < 1.29 is 14.3 Å². The third-order valence-corrected chi connectivity index (χ3v) is 4.77. The van der Waals surface area contributed by atoms with E-state index in [4.69, 9.17) is 9.47 Å². The fraction of sp³-hybridized carbons (Fsp3) is 0.167. The number of methoxy groups -OCH3 is 1. The van der Waals surface area contributed by atoms with Crippen LogP contribution < -0.4 is 14.8 Å². The normalized spacial score (nSPS) is 10.8. The number of rotatable bonds is 6. The second-order valence-electron chi connectivity index (χ2n) is 6.74. The molecule has 3 aromatic carbocycles. The van der Waals surface area contributed by atoms with E-state index in [2.05, 4.69) is 10.3 Å². The Morgan fingerprint density at radius 3 is 2.66 bits per heavy atom. The molecule has 4 rings (SSSR count). The van der Waals surface area contributed by atoms with Gasteiger partial charge in [-0.15, -0.1) is 0 Å². The van der Waals surface area contributed by atoms with Crippen molar-refractivity contribution in [2.24, 2.45) is 0 Å². The molecule has 0 unspecified atom stereocenters. The van der Waals surface area contributed by atoms with Crippen molar-refractivity contribution in [3.05, 3.63) is 72.4 Å². The number of ether oxygens (including phenoxy) is 2. The van der Waals surface area contributed by atoms with E-state index in [-0.39, 0.29) is 5.91 Å². The van der Waals surface area contributed by atoms with Gasteiger partial charge in [-0.2, -0.15) is 0 Å². The number of nitrogens with one attached hydrogen (secondary N) is 1. The van der Waals surface area contributed by atoms with Gasteiger partial charge in [-0.25, -0.2) is 0 Å². The lowest BCUT2D eigenvalue weighted by atomic mass is 10.0. The number of amides is 1. The Bertz CT molecular complexity index is 1190. The summed E-state index contributed by atoms with van der Waals surface area (Å²) in [5, 5.41) is 5.69. The van der Waals surface area contributed by atoms with Crippen LogP contribution in [0.2, 0.25) is 0 Å². The second-order valence-corrected chi connectivity index (χ2v) is 6.74. The fourth-order valence-corrected chi connectivity index (χ4v) is 3.30. The van der Waals surface area contributed by atoms with Crippen LogP contribution in [0.25, 0.3) is 21.7 Å². The zero-order valence-corrected chi connectivity index (χ0v) is 16.4. The number of aromatic nitrogens is 1. The summed E-state index contributed by atoms with van der Waals surface area (Å²) < 4.78 is 11.4. The van der Waals surface area contributed by atoms with Crippen LogP contribution in [0.4, 0.5) is 0 Å². The van der Waals surface area contributed by atoms with E-state index in [1.807, 2.05) is 67.6 Å². The number of hydrogen-bond donors (Lipinski definition) is 1. The first-order valence-corrected chi connectivity index (χ1v) is 9.61. The Morgan fingerprint density at radius 2 is 1.83 bits per heavy atom. The Balaban J connectivity index is 1.67. The molecule has 1 amide bonds. The number of pyridine rings is 1. The highest BCUT2D eigenvalue weighted by atomic mass is 16.5. The summed E-state index contributed by atoms with van der Waals surface area (Å²) in [4.78, 5) is 16.8. The van der Waals surface area contributed by atoms with E-state index in [0.717, 1.165) is 33.8 Å². The maximum Gasteiger partial charge on any atom is 0.251 e. The number of carbonyl (C=O) groups excluding carboxylic acids is 1. The predicted octanol–water partition coefficient (Wildman–Crippen LogP) is 5.33. The van der Waals surface area contributed by atoms with Crippen molar-refractivity contribution in [2.75, 3.05) is 13.7 Å². The van der Waals surface area contributed by atoms with Gasteiger partial charge in [-0.1, -0.05) is 19.1 Å². The molecule has 0 bridgehead atoms. The number of benzene rings is 3. The van der Waals surface area contributed by atoms with Crippen LogP contribution in [0.15, 0.2) is 66.9 Å². The number of hydrogen-bond acceptors (Lipinski definition) is 4. The zero-order chi connectivity index (χ0) is 20.2. The van der Waals surface area contributed by atoms with E-state index in [1.54, 1.807) is 13.3 Å². The van der Waals surface area contributed by atoms with Crippen molar-refractivity contribution >= 4 is 27.6 Å². The Morgan fingerprint density at radius 1 is 1.00 bits per heavy atom. The molecule has 5 heteroatoms. The SMILES string of the molecule is CCCNC(=O)c1cccc2cc(Oc3ccnc4cc(OC)ccc34)ccc12. The third-order valence-electron chi connectivity index (χ3n) is 4.77. The lowest BCUT2D eigenvalue weighted by Gasteiger charge is -2.11. The zero-order valence-electron chi connectivity index (χ0n) is 16.4. The van der Waals surface area contributed by atoms with E-state index < -0.39 is 0 Å². The maximum absolute atomic E-state index is 12.4. The summed E-state index contributed by atoms with van der Waals surface area (Å²) in [5.41, 5.74) is 1.47. The number of carbonyl (C=O) groups is 1. The highest BCUT2D eigenvalue weighted by Gasteiger charge is 2.11. The van der Waals surface area contributed by atoms with Crippen LogP contribution in [0.1, 0.15) is 23.7 Å². The quantitative estimate of drug-likeness (QED) is 0.487. The number of fused-ring (bicyclic) bond motifs is 2. The standard InChI is InChI=1S/C24H22N2O3/c1-3-12-26-24(27)20-6-4-5-16-14-18(8-9-19(16)20)29-23-11-13-25-22-15-17(28-2)7-10-21(22)23/h4-11,13-15H,3,12H2,1-2H3,(H,26,27). The Kier molecular flexibility index (Phi) is 5.29. The lowest BCUT2D eigenvalue weighted by Crippen LogP contribution is -2.24. The monoisotopic (exact) mass is 386 g/mol. The molecule has 0 fully saturated rings. The largest absolute Gasteiger partial charge is 0.497 e. The van der Waals surface area contributed by atoms with Gasteiger partial charge in [0.1, 0.15) is 17.2 Å². The molecule has 0 aliphatic rings. The summed E-state index contributed by atoms with van der Waals surface area (Å²) in [6, 6.07) is 19.0. The number of nitrogens with zero attached hydrogens (tertiary/aromatic N) is 1. The Hall–Kier alpha value is -3.60. The Labute approximate surface area is 169 Å². The molecule has 1 aromatic heterocycles. The second kappa shape index (κ2) is 8.19. The maximum atomic E-state index is 12.4. The van der Waals surface area contributed by atoms with Gasteiger partial charge in [0.05, 0.1) is 12.6 Å². The van der Waals surface area contributed by atoms with Gasteiger partial charge in [0.15, 0.2) is 0 Å². The van der Waals surface area contributed by atoms with Gasteiger partial charge in [0.2, 0.25) is 0 Å². The minimum atomic E-state index is -0.0554. The third kappa shape index (κ3) is 3.85. The van der Waals surface area contributed by atoms with Crippen LogP contribution >= 0.6 is 0 Å². The molecular formula is C24H22N2O3. The molecule has 0 spiro atoms.